The SMILES string of the molecule is O=C(NC1(C(=O)O)CCCC1)c1ccc(SC(F)F)cc1. The molecule has 21 heavy (non-hydrogen) atoms. The second-order valence-electron chi connectivity index (χ2n) is 4.95. The zero-order valence-corrected chi connectivity index (χ0v) is 12.0. The first-order valence-electron chi connectivity index (χ1n) is 6.54. The van der Waals surface area contributed by atoms with Gasteiger partial charge in [-0.25, -0.2) is 4.79 Å². The van der Waals surface area contributed by atoms with Crippen LogP contribution in [-0.4, -0.2) is 28.3 Å². The molecule has 0 heterocycles. The molecule has 1 fully saturated rings. The van der Waals surface area contributed by atoms with Crippen molar-refractivity contribution in [1.29, 1.82) is 0 Å². The molecule has 7 heteroatoms. The lowest BCUT2D eigenvalue weighted by atomic mass is 9.97. The number of amides is 1. The van der Waals surface area contributed by atoms with Gasteiger partial charge in [-0.2, -0.15) is 8.78 Å². The minimum atomic E-state index is -2.52. The highest BCUT2D eigenvalue weighted by Crippen LogP contribution is 2.30. The van der Waals surface area contributed by atoms with Crippen LogP contribution in [0.25, 0.3) is 0 Å². The molecule has 0 atom stereocenters. The highest BCUT2D eigenvalue weighted by molar-refractivity contribution is 7.99. The van der Waals surface area contributed by atoms with Gasteiger partial charge in [0.25, 0.3) is 11.7 Å². The van der Waals surface area contributed by atoms with Gasteiger partial charge in [0.05, 0.1) is 0 Å². The molecule has 0 bridgehead atoms. The lowest BCUT2D eigenvalue weighted by molar-refractivity contribution is -0.144. The zero-order valence-electron chi connectivity index (χ0n) is 11.1. The molecule has 4 nitrogen and oxygen atoms in total. The molecule has 1 saturated carbocycles. The number of rotatable bonds is 5. The van der Waals surface area contributed by atoms with E-state index in [0.717, 1.165) is 12.8 Å². The Bertz CT molecular complexity index is 528. The Labute approximate surface area is 124 Å². The lowest BCUT2D eigenvalue weighted by Crippen LogP contribution is -2.52. The highest BCUT2D eigenvalue weighted by atomic mass is 32.2. The third-order valence-electron chi connectivity index (χ3n) is 3.56. The molecule has 2 rings (SSSR count). The van der Waals surface area contributed by atoms with Crippen molar-refractivity contribution in [3.63, 3.8) is 0 Å². The fraction of sp³-hybridized carbons (Fsp3) is 0.429. The number of alkyl halides is 2. The topological polar surface area (TPSA) is 66.4 Å². The molecule has 1 aromatic rings. The fourth-order valence-corrected chi connectivity index (χ4v) is 2.95. The van der Waals surface area contributed by atoms with Gasteiger partial charge in [-0.1, -0.05) is 24.6 Å². The number of hydrogen-bond acceptors (Lipinski definition) is 3. The van der Waals surface area contributed by atoms with Crippen LogP contribution in [0.3, 0.4) is 0 Å². The molecule has 0 aromatic heterocycles. The van der Waals surface area contributed by atoms with E-state index in [1.165, 1.54) is 24.3 Å². The first kappa shape index (κ1) is 15.8. The van der Waals surface area contributed by atoms with Crippen molar-refractivity contribution in [3.05, 3.63) is 29.8 Å². The number of benzene rings is 1. The van der Waals surface area contributed by atoms with Gasteiger partial charge in [0, 0.05) is 10.5 Å². The molecule has 1 aliphatic rings. The summed E-state index contributed by atoms with van der Waals surface area (Å²) in [4.78, 5) is 23.8. The van der Waals surface area contributed by atoms with Gasteiger partial charge in [0.1, 0.15) is 5.54 Å². The summed E-state index contributed by atoms with van der Waals surface area (Å²) in [5, 5.41) is 11.9. The summed E-state index contributed by atoms with van der Waals surface area (Å²) in [6, 6.07) is 5.69. The van der Waals surface area contributed by atoms with E-state index < -0.39 is 23.2 Å². The number of carbonyl (C=O) groups is 2. The van der Waals surface area contributed by atoms with E-state index >= 15 is 0 Å². The Kier molecular flexibility index (Phi) is 4.82. The number of carboxylic acids is 1. The average Bonchev–Trinajstić information content (AvgIpc) is 2.88. The minimum absolute atomic E-state index is 0.265. The molecular weight excluding hydrogens is 300 g/mol. The van der Waals surface area contributed by atoms with E-state index in [1.807, 2.05) is 0 Å². The van der Waals surface area contributed by atoms with Crippen LogP contribution >= 0.6 is 11.8 Å². The molecule has 1 aliphatic carbocycles. The monoisotopic (exact) mass is 315 g/mol. The molecule has 0 aliphatic heterocycles. The van der Waals surface area contributed by atoms with Crippen molar-refractivity contribution in [2.75, 3.05) is 0 Å². The van der Waals surface area contributed by atoms with Gasteiger partial charge in [-0.05, 0) is 37.1 Å². The highest BCUT2D eigenvalue weighted by Gasteiger charge is 2.42. The van der Waals surface area contributed by atoms with Crippen LogP contribution in [0.1, 0.15) is 36.0 Å². The molecule has 0 spiro atoms. The molecule has 0 unspecified atom stereocenters. The van der Waals surface area contributed by atoms with Crippen molar-refractivity contribution in [2.24, 2.45) is 0 Å². The lowest BCUT2D eigenvalue weighted by Gasteiger charge is -2.25. The van der Waals surface area contributed by atoms with Gasteiger partial charge in [-0.15, -0.1) is 0 Å². The van der Waals surface area contributed by atoms with E-state index in [2.05, 4.69) is 5.32 Å². The summed E-state index contributed by atoms with van der Waals surface area (Å²) < 4.78 is 24.4. The Hall–Kier alpha value is -1.63. The number of carbonyl (C=O) groups excluding carboxylic acids is 1. The van der Waals surface area contributed by atoms with Gasteiger partial charge >= 0.3 is 5.97 Å². The second kappa shape index (κ2) is 6.43. The molecule has 0 saturated heterocycles. The second-order valence-corrected chi connectivity index (χ2v) is 6.01. The number of carboxylic acid groups (broad SMARTS) is 1. The Balaban J connectivity index is 2.07. The summed E-state index contributed by atoms with van der Waals surface area (Å²) in [7, 11) is 0. The van der Waals surface area contributed by atoms with Crippen LogP contribution in [-0.2, 0) is 4.79 Å². The molecular formula is C14H15F2NO3S. The molecule has 1 aromatic carbocycles. The zero-order chi connectivity index (χ0) is 15.5. The maximum Gasteiger partial charge on any atom is 0.329 e. The van der Waals surface area contributed by atoms with Crippen LogP contribution in [0.5, 0.6) is 0 Å². The summed E-state index contributed by atoms with van der Waals surface area (Å²) in [6.45, 7) is 0. The van der Waals surface area contributed by atoms with Crippen LogP contribution < -0.4 is 5.32 Å². The number of hydrogen-bond donors (Lipinski definition) is 2. The third-order valence-corrected chi connectivity index (χ3v) is 4.28. The average molecular weight is 315 g/mol. The first-order valence-corrected chi connectivity index (χ1v) is 7.42. The number of aliphatic carboxylic acids is 1. The maximum absolute atomic E-state index is 12.2. The van der Waals surface area contributed by atoms with Gasteiger partial charge in [-0.3, -0.25) is 4.79 Å². The summed E-state index contributed by atoms with van der Waals surface area (Å²) in [6.07, 6.45) is 2.34. The number of thioether (sulfide) groups is 1. The predicted molar refractivity (Wildman–Crippen MR) is 74.6 cm³/mol. The van der Waals surface area contributed by atoms with Crippen LogP contribution in [0, 0.1) is 0 Å². The smallest absolute Gasteiger partial charge is 0.329 e. The minimum Gasteiger partial charge on any atom is -0.480 e. The van der Waals surface area contributed by atoms with Crippen LogP contribution in [0.15, 0.2) is 29.2 Å². The normalized spacial score (nSPS) is 16.9. The van der Waals surface area contributed by atoms with E-state index in [4.69, 9.17) is 0 Å². The van der Waals surface area contributed by atoms with Crippen molar-refractivity contribution < 1.29 is 23.5 Å². The van der Waals surface area contributed by atoms with Crippen molar-refractivity contribution in [1.82, 2.24) is 5.32 Å². The number of nitrogens with one attached hydrogen (secondary N) is 1. The summed E-state index contributed by atoms with van der Waals surface area (Å²) in [5.41, 5.74) is -0.936. The largest absolute Gasteiger partial charge is 0.480 e. The maximum atomic E-state index is 12.2. The van der Waals surface area contributed by atoms with E-state index in [0.29, 0.717) is 29.5 Å². The summed E-state index contributed by atoms with van der Waals surface area (Å²) in [5.74, 6) is -4.04. The molecule has 2 N–H and O–H groups in total. The molecule has 114 valence electrons. The molecule has 1 amide bonds. The van der Waals surface area contributed by atoms with Gasteiger partial charge in [0.15, 0.2) is 0 Å². The first-order chi connectivity index (χ1) is 9.93. The standard InChI is InChI=1S/C14H15F2NO3S/c15-13(16)21-10-5-3-9(4-6-10)11(18)17-14(12(19)20)7-1-2-8-14/h3-6,13H,1-2,7-8H2,(H,17,18)(H,19,20). The Morgan fingerprint density at radius 1 is 1.19 bits per heavy atom. The van der Waals surface area contributed by atoms with Crippen molar-refractivity contribution >= 4 is 23.6 Å². The number of halogens is 2. The Morgan fingerprint density at radius 3 is 2.24 bits per heavy atom. The fourth-order valence-electron chi connectivity index (χ4n) is 2.45. The van der Waals surface area contributed by atoms with E-state index in [1.54, 1.807) is 0 Å². The van der Waals surface area contributed by atoms with Gasteiger partial charge in [0.2, 0.25) is 0 Å². The predicted octanol–water partition coefficient (Wildman–Crippen LogP) is 3.13. The summed E-state index contributed by atoms with van der Waals surface area (Å²) >= 11 is 0.397. The van der Waals surface area contributed by atoms with E-state index in [9.17, 15) is 23.5 Å². The molecule has 0 radical (unpaired) electrons. The van der Waals surface area contributed by atoms with Gasteiger partial charge < -0.3 is 10.4 Å². The third kappa shape index (κ3) is 3.72. The van der Waals surface area contributed by atoms with Crippen LogP contribution in [0.4, 0.5) is 8.78 Å². The quantitative estimate of drug-likeness (QED) is 0.819. The van der Waals surface area contributed by atoms with Crippen molar-refractivity contribution in [3.8, 4) is 0 Å². The van der Waals surface area contributed by atoms with Crippen molar-refractivity contribution in [2.45, 2.75) is 41.9 Å². The van der Waals surface area contributed by atoms with E-state index in [-0.39, 0.29) is 5.56 Å². The Morgan fingerprint density at radius 2 is 1.76 bits per heavy atom. The van der Waals surface area contributed by atoms with Crippen LogP contribution in [0.2, 0.25) is 0 Å².